The molecule has 0 radical (unpaired) electrons. The number of hydrogen-bond donors (Lipinski definition) is 1. The van der Waals surface area contributed by atoms with Gasteiger partial charge in [0, 0.05) is 32.2 Å². The van der Waals surface area contributed by atoms with Gasteiger partial charge in [-0.25, -0.2) is 9.97 Å². The molecule has 1 amide bonds. The van der Waals surface area contributed by atoms with Gasteiger partial charge in [0.05, 0.1) is 19.1 Å². The zero-order valence-corrected chi connectivity index (χ0v) is 15.1. The molecule has 140 valence electrons. The predicted molar refractivity (Wildman–Crippen MR) is 99.6 cm³/mol. The number of furan rings is 2. The van der Waals surface area contributed by atoms with Gasteiger partial charge in [0.15, 0.2) is 5.76 Å². The van der Waals surface area contributed by atoms with Crippen LogP contribution in [0.25, 0.3) is 0 Å². The molecule has 8 nitrogen and oxygen atoms in total. The van der Waals surface area contributed by atoms with Crippen LogP contribution in [0.2, 0.25) is 0 Å². The molecule has 0 atom stereocenters. The second-order valence-electron chi connectivity index (χ2n) is 6.35. The van der Waals surface area contributed by atoms with Crippen LogP contribution in [0.4, 0.5) is 11.6 Å². The lowest BCUT2D eigenvalue weighted by molar-refractivity contribution is 0.0714. The molecule has 0 unspecified atom stereocenters. The Hall–Kier alpha value is -3.29. The predicted octanol–water partition coefficient (Wildman–Crippen LogP) is 2.55. The summed E-state index contributed by atoms with van der Waals surface area (Å²) in [6.07, 6.45) is 3.17. The van der Waals surface area contributed by atoms with Gasteiger partial charge in [0.25, 0.3) is 5.91 Å². The fourth-order valence-corrected chi connectivity index (χ4v) is 3.09. The van der Waals surface area contributed by atoms with E-state index in [0.29, 0.717) is 44.3 Å². The zero-order chi connectivity index (χ0) is 18.6. The molecule has 4 rings (SSSR count). The SMILES string of the molecule is Cc1nc(NCc2ccco2)cc(N2CCN(C(=O)c3ccco3)CC2)n1. The Morgan fingerprint density at radius 1 is 1.11 bits per heavy atom. The van der Waals surface area contributed by atoms with E-state index in [9.17, 15) is 4.79 Å². The lowest BCUT2D eigenvalue weighted by Crippen LogP contribution is -2.49. The van der Waals surface area contributed by atoms with Gasteiger partial charge in [0.2, 0.25) is 0 Å². The van der Waals surface area contributed by atoms with Gasteiger partial charge >= 0.3 is 0 Å². The van der Waals surface area contributed by atoms with E-state index in [1.165, 1.54) is 6.26 Å². The highest BCUT2D eigenvalue weighted by Gasteiger charge is 2.24. The Labute approximate surface area is 156 Å². The summed E-state index contributed by atoms with van der Waals surface area (Å²) >= 11 is 0. The van der Waals surface area contributed by atoms with E-state index in [1.807, 2.05) is 25.1 Å². The van der Waals surface area contributed by atoms with Gasteiger partial charge in [-0.05, 0) is 31.2 Å². The number of carbonyl (C=O) groups excluding carboxylic acids is 1. The third-order valence-electron chi connectivity index (χ3n) is 4.47. The molecule has 1 N–H and O–H groups in total. The van der Waals surface area contributed by atoms with Crippen molar-refractivity contribution >= 4 is 17.5 Å². The minimum Gasteiger partial charge on any atom is -0.467 e. The molecule has 0 bridgehead atoms. The van der Waals surface area contributed by atoms with Crippen molar-refractivity contribution in [2.24, 2.45) is 0 Å². The third kappa shape index (κ3) is 3.94. The first-order valence-electron chi connectivity index (χ1n) is 8.89. The van der Waals surface area contributed by atoms with E-state index < -0.39 is 0 Å². The lowest BCUT2D eigenvalue weighted by atomic mass is 10.2. The molecule has 0 aliphatic carbocycles. The summed E-state index contributed by atoms with van der Waals surface area (Å²) in [5, 5.41) is 3.26. The molecule has 0 spiro atoms. The first-order valence-corrected chi connectivity index (χ1v) is 8.89. The number of nitrogens with zero attached hydrogens (tertiary/aromatic N) is 4. The highest BCUT2D eigenvalue weighted by Crippen LogP contribution is 2.19. The molecule has 3 aromatic rings. The molecule has 3 aromatic heterocycles. The number of anilines is 2. The highest BCUT2D eigenvalue weighted by molar-refractivity contribution is 5.91. The molecule has 1 aliphatic heterocycles. The van der Waals surface area contributed by atoms with Crippen LogP contribution in [0.5, 0.6) is 0 Å². The van der Waals surface area contributed by atoms with E-state index >= 15 is 0 Å². The van der Waals surface area contributed by atoms with Gasteiger partial charge in [-0.1, -0.05) is 0 Å². The van der Waals surface area contributed by atoms with Gasteiger partial charge in [-0.3, -0.25) is 4.79 Å². The van der Waals surface area contributed by atoms with Crippen LogP contribution < -0.4 is 10.2 Å². The molecule has 27 heavy (non-hydrogen) atoms. The van der Waals surface area contributed by atoms with Crippen molar-refractivity contribution in [2.45, 2.75) is 13.5 Å². The van der Waals surface area contributed by atoms with Crippen LogP contribution in [0.15, 0.2) is 51.7 Å². The van der Waals surface area contributed by atoms with E-state index in [-0.39, 0.29) is 5.91 Å². The summed E-state index contributed by atoms with van der Waals surface area (Å²) in [6, 6.07) is 9.12. The Morgan fingerprint density at radius 3 is 2.59 bits per heavy atom. The van der Waals surface area contributed by atoms with Crippen molar-refractivity contribution in [2.75, 3.05) is 36.4 Å². The zero-order valence-electron chi connectivity index (χ0n) is 15.1. The standard InChI is InChI=1S/C19H21N5O3/c1-14-21-17(20-13-15-4-2-10-26-15)12-18(22-14)23-6-8-24(9-7-23)19(25)16-5-3-11-27-16/h2-5,10-12H,6-9,13H2,1H3,(H,20,21,22). The van der Waals surface area contributed by atoms with E-state index in [4.69, 9.17) is 8.83 Å². The van der Waals surface area contributed by atoms with Gasteiger partial charge in [0.1, 0.15) is 23.2 Å². The second-order valence-corrected chi connectivity index (χ2v) is 6.35. The van der Waals surface area contributed by atoms with Crippen LogP contribution in [-0.2, 0) is 6.54 Å². The molecule has 8 heteroatoms. The summed E-state index contributed by atoms with van der Waals surface area (Å²) in [4.78, 5) is 25.3. The second kappa shape index (κ2) is 7.53. The van der Waals surface area contributed by atoms with E-state index in [2.05, 4.69) is 20.2 Å². The molecule has 0 saturated carbocycles. The highest BCUT2D eigenvalue weighted by atomic mass is 16.3. The number of rotatable bonds is 5. The average Bonchev–Trinajstić information content (AvgIpc) is 3.39. The molecule has 1 aliphatic rings. The van der Waals surface area contributed by atoms with Crippen molar-refractivity contribution in [1.29, 1.82) is 0 Å². The number of aromatic nitrogens is 2. The van der Waals surface area contributed by atoms with Gasteiger partial charge < -0.3 is 24.0 Å². The Bertz CT molecular complexity index is 884. The van der Waals surface area contributed by atoms with Crippen LogP contribution >= 0.6 is 0 Å². The molecule has 0 aromatic carbocycles. The summed E-state index contributed by atoms with van der Waals surface area (Å²) in [5.41, 5.74) is 0. The maximum Gasteiger partial charge on any atom is 0.289 e. The van der Waals surface area contributed by atoms with Crippen molar-refractivity contribution in [1.82, 2.24) is 14.9 Å². The molecular formula is C19H21N5O3. The van der Waals surface area contributed by atoms with Crippen molar-refractivity contribution < 1.29 is 13.6 Å². The summed E-state index contributed by atoms with van der Waals surface area (Å²) in [5.74, 6) is 3.46. The van der Waals surface area contributed by atoms with Crippen LogP contribution in [0.3, 0.4) is 0 Å². The monoisotopic (exact) mass is 367 g/mol. The summed E-state index contributed by atoms with van der Waals surface area (Å²) in [7, 11) is 0. The van der Waals surface area contributed by atoms with Gasteiger partial charge in [-0.15, -0.1) is 0 Å². The minimum atomic E-state index is -0.0701. The number of amides is 1. The van der Waals surface area contributed by atoms with Crippen LogP contribution in [0.1, 0.15) is 22.1 Å². The van der Waals surface area contributed by atoms with Crippen molar-refractivity contribution in [3.05, 3.63) is 60.2 Å². The number of hydrogen-bond acceptors (Lipinski definition) is 7. The summed E-state index contributed by atoms with van der Waals surface area (Å²) in [6.45, 7) is 5.10. The fraction of sp³-hybridized carbons (Fsp3) is 0.316. The quantitative estimate of drug-likeness (QED) is 0.741. The summed E-state index contributed by atoms with van der Waals surface area (Å²) < 4.78 is 10.5. The molecule has 1 fully saturated rings. The Morgan fingerprint density at radius 2 is 1.89 bits per heavy atom. The number of carbonyl (C=O) groups is 1. The maximum atomic E-state index is 12.4. The van der Waals surface area contributed by atoms with Crippen LogP contribution in [0, 0.1) is 6.92 Å². The number of aryl methyl sites for hydroxylation is 1. The van der Waals surface area contributed by atoms with E-state index in [0.717, 1.165) is 17.4 Å². The van der Waals surface area contributed by atoms with Crippen molar-refractivity contribution in [3.63, 3.8) is 0 Å². The van der Waals surface area contributed by atoms with Crippen LogP contribution in [-0.4, -0.2) is 47.0 Å². The fourth-order valence-electron chi connectivity index (χ4n) is 3.09. The Balaban J connectivity index is 1.39. The van der Waals surface area contributed by atoms with Gasteiger partial charge in [-0.2, -0.15) is 0 Å². The smallest absolute Gasteiger partial charge is 0.289 e. The maximum absolute atomic E-state index is 12.4. The van der Waals surface area contributed by atoms with E-state index in [1.54, 1.807) is 23.3 Å². The number of piperazine rings is 1. The number of nitrogens with one attached hydrogen (secondary N) is 1. The topological polar surface area (TPSA) is 87.6 Å². The largest absolute Gasteiger partial charge is 0.467 e. The first kappa shape index (κ1) is 17.1. The minimum absolute atomic E-state index is 0.0701. The lowest BCUT2D eigenvalue weighted by Gasteiger charge is -2.35. The average molecular weight is 367 g/mol. The molecular weight excluding hydrogens is 346 g/mol. The first-order chi connectivity index (χ1) is 13.2. The Kier molecular flexibility index (Phi) is 4.78. The molecule has 4 heterocycles. The molecule has 1 saturated heterocycles. The normalized spacial score (nSPS) is 14.4. The third-order valence-corrected chi connectivity index (χ3v) is 4.47. The van der Waals surface area contributed by atoms with Crippen molar-refractivity contribution in [3.8, 4) is 0 Å².